The Labute approximate surface area is 216 Å². The molecule has 3 aromatic rings. The van der Waals surface area contributed by atoms with E-state index >= 15 is 0 Å². The van der Waals surface area contributed by atoms with E-state index in [1.807, 2.05) is 0 Å². The van der Waals surface area contributed by atoms with E-state index in [2.05, 4.69) is 33.9 Å². The molecule has 0 aliphatic heterocycles. The number of aromatic nitrogens is 6. The highest BCUT2D eigenvalue weighted by atomic mass is 16.5. The van der Waals surface area contributed by atoms with E-state index in [9.17, 15) is 9.90 Å². The number of aliphatic hydroxyl groups is 1. The summed E-state index contributed by atoms with van der Waals surface area (Å²) in [6, 6.07) is 0.234. The largest absolute Gasteiger partial charge is 0.439 e. The second kappa shape index (κ2) is 10.2. The third-order valence-corrected chi connectivity index (χ3v) is 9.19. The lowest BCUT2D eigenvalue weighted by atomic mass is 9.80. The SMILES string of the molecule is CC1CCC(Cn2c(C(O)C3CCCC3)nc3nc(-c4noc(=O)[nH]4)nc(N[C@H](C)C4CCC4)c32)CC1. The van der Waals surface area contributed by atoms with E-state index in [1.54, 1.807) is 0 Å². The van der Waals surface area contributed by atoms with Gasteiger partial charge in [-0.25, -0.2) is 19.7 Å². The summed E-state index contributed by atoms with van der Waals surface area (Å²) in [6.45, 7) is 5.34. The minimum absolute atomic E-state index is 0.181. The Morgan fingerprint density at radius 3 is 2.41 bits per heavy atom. The van der Waals surface area contributed by atoms with Gasteiger partial charge in [-0.1, -0.05) is 44.2 Å². The van der Waals surface area contributed by atoms with Crippen LogP contribution in [0.4, 0.5) is 5.82 Å². The van der Waals surface area contributed by atoms with Gasteiger partial charge in [-0.3, -0.25) is 9.51 Å². The number of nitrogens with one attached hydrogen (secondary N) is 2. The van der Waals surface area contributed by atoms with Gasteiger partial charge in [0.2, 0.25) is 11.6 Å². The number of fused-ring (bicyclic) bond motifs is 1. The minimum atomic E-state index is -0.648. The molecule has 10 nitrogen and oxygen atoms in total. The van der Waals surface area contributed by atoms with Crippen LogP contribution in [0.3, 0.4) is 0 Å². The van der Waals surface area contributed by atoms with Crippen molar-refractivity contribution in [2.45, 2.75) is 103 Å². The van der Waals surface area contributed by atoms with E-state index in [-0.39, 0.29) is 23.6 Å². The van der Waals surface area contributed by atoms with Gasteiger partial charge in [0.05, 0.1) is 0 Å². The first-order valence-electron chi connectivity index (χ1n) is 14.3. The maximum absolute atomic E-state index is 11.7. The lowest BCUT2D eigenvalue weighted by Gasteiger charge is -2.32. The summed E-state index contributed by atoms with van der Waals surface area (Å²) in [7, 11) is 0. The number of rotatable bonds is 8. The van der Waals surface area contributed by atoms with Gasteiger partial charge >= 0.3 is 5.76 Å². The molecule has 0 aromatic carbocycles. The first-order valence-corrected chi connectivity index (χ1v) is 14.3. The molecule has 1 unspecified atom stereocenters. The Morgan fingerprint density at radius 1 is 1.03 bits per heavy atom. The summed E-state index contributed by atoms with van der Waals surface area (Å²) < 4.78 is 6.95. The molecule has 0 amide bonds. The zero-order valence-electron chi connectivity index (χ0n) is 21.9. The first kappa shape index (κ1) is 24.6. The number of H-pyrrole nitrogens is 1. The molecule has 3 heterocycles. The van der Waals surface area contributed by atoms with Crippen LogP contribution in [0, 0.1) is 23.7 Å². The lowest BCUT2D eigenvalue weighted by molar-refractivity contribution is 0.0975. The van der Waals surface area contributed by atoms with Crippen molar-refractivity contribution in [1.29, 1.82) is 0 Å². The molecular formula is C27H39N7O3. The van der Waals surface area contributed by atoms with Gasteiger partial charge in [-0.05, 0) is 69.1 Å². The average molecular weight is 510 g/mol. The van der Waals surface area contributed by atoms with Crippen molar-refractivity contribution in [2.75, 3.05) is 5.32 Å². The van der Waals surface area contributed by atoms with Crippen LogP contribution in [-0.2, 0) is 6.54 Å². The van der Waals surface area contributed by atoms with Crippen molar-refractivity contribution in [3.05, 3.63) is 16.4 Å². The fourth-order valence-electron chi connectivity index (χ4n) is 6.52. The smallest absolute Gasteiger partial charge is 0.385 e. The maximum Gasteiger partial charge on any atom is 0.439 e. The normalized spacial score (nSPS) is 24.8. The predicted molar refractivity (Wildman–Crippen MR) is 140 cm³/mol. The van der Waals surface area contributed by atoms with Crippen molar-refractivity contribution in [3.63, 3.8) is 0 Å². The van der Waals surface area contributed by atoms with E-state index in [0.717, 1.165) is 43.7 Å². The Bertz CT molecular complexity index is 1280. The second-order valence-corrected chi connectivity index (χ2v) is 11.8. The first-order chi connectivity index (χ1) is 18.0. The van der Waals surface area contributed by atoms with Gasteiger partial charge in [0.25, 0.3) is 0 Å². The molecular weight excluding hydrogens is 470 g/mol. The highest BCUT2D eigenvalue weighted by molar-refractivity contribution is 5.85. The van der Waals surface area contributed by atoms with E-state index in [4.69, 9.17) is 19.5 Å². The summed E-state index contributed by atoms with van der Waals surface area (Å²) >= 11 is 0. The number of hydrogen-bond acceptors (Lipinski definition) is 8. The summed E-state index contributed by atoms with van der Waals surface area (Å²) in [5.41, 5.74) is 1.36. The van der Waals surface area contributed by atoms with Crippen molar-refractivity contribution >= 4 is 17.0 Å². The quantitative estimate of drug-likeness (QED) is 0.393. The number of nitrogens with zero attached hydrogens (tertiary/aromatic N) is 5. The number of anilines is 1. The number of aliphatic hydroxyl groups excluding tert-OH is 1. The molecule has 200 valence electrons. The molecule has 2 atom stereocenters. The van der Waals surface area contributed by atoms with Crippen LogP contribution in [0.1, 0.15) is 96.4 Å². The molecule has 3 saturated carbocycles. The van der Waals surface area contributed by atoms with Crippen LogP contribution in [0.5, 0.6) is 0 Å². The Morgan fingerprint density at radius 2 is 1.76 bits per heavy atom. The van der Waals surface area contributed by atoms with Crippen LogP contribution in [0.2, 0.25) is 0 Å². The van der Waals surface area contributed by atoms with Gasteiger partial charge < -0.3 is 15.0 Å². The van der Waals surface area contributed by atoms with E-state index in [0.29, 0.717) is 29.1 Å². The fourth-order valence-corrected chi connectivity index (χ4v) is 6.52. The molecule has 6 rings (SSSR count). The van der Waals surface area contributed by atoms with Crippen LogP contribution >= 0.6 is 0 Å². The minimum Gasteiger partial charge on any atom is -0.385 e. The average Bonchev–Trinajstić information content (AvgIpc) is 3.59. The Kier molecular flexibility index (Phi) is 6.77. The molecule has 3 N–H and O–H groups in total. The van der Waals surface area contributed by atoms with Crippen molar-refractivity contribution in [1.82, 2.24) is 29.7 Å². The van der Waals surface area contributed by atoms with Crippen molar-refractivity contribution in [3.8, 4) is 11.6 Å². The zero-order valence-corrected chi connectivity index (χ0v) is 21.9. The third-order valence-electron chi connectivity index (χ3n) is 9.19. The molecule has 0 spiro atoms. The van der Waals surface area contributed by atoms with Gasteiger partial charge in [0.1, 0.15) is 17.4 Å². The Balaban J connectivity index is 1.47. The topological polar surface area (TPSA) is 135 Å². The maximum atomic E-state index is 11.7. The summed E-state index contributed by atoms with van der Waals surface area (Å²) in [5, 5.41) is 19.0. The van der Waals surface area contributed by atoms with Crippen LogP contribution in [-0.4, -0.2) is 40.8 Å². The van der Waals surface area contributed by atoms with E-state index in [1.165, 1.54) is 44.9 Å². The number of imidazole rings is 1. The lowest BCUT2D eigenvalue weighted by Crippen LogP contribution is -2.31. The monoisotopic (exact) mass is 509 g/mol. The molecule has 0 bridgehead atoms. The number of aromatic amines is 1. The van der Waals surface area contributed by atoms with E-state index < -0.39 is 11.9 Å². The highest BCUT2D eigenvalue weighted by Crippen LogP contribution is 2.39. The summed E-state index contributed by atoms with van der Waals surface area (Å²) in [4.78, 5) is 28.7. The van der Waals surface area contributed by atoms with Crippen LogP contribution in [0.25, 0.3) is 22.8 Å². The van der Waals surface area contributed by atoms with Crippen LogP contribution < -0.4 is 11.1 Å². The summed E-state index contributed by atoms with van der Waals surface area (Å²) in [6.07, 6.45) is 12.2. The highest BCUT2D eigenvalue weighted by Gasteiger charge is 2.33. The van der Waals surface area contributed by atoms with Gasteiger partial charge in [0.15, 0.2) is 11.5 Å². The third kappa shape index (κ3) is 4.92. The van der Waals surface area contributed by atoms with Gasteiger partial charge in [-0.2, -0.15) is 0 Å². The van der Waals surface area contributed by atoms with Crippen molar-refractivity contribution in [2.24, 2.45) is 23.7 Å². The molecule has 37 heavy (non-hydrogen) atoms. The second-order valence-electron chi connectivity index (χ2n) is 11.8. The molecule has 3 aliphatic carbocycles. The fraction of sp³-hybridized carbons (Fsp3) is 0.741. The molecule has 3 aromatic heterocycles. The Hall–Kier alpha value is -2.75. The van der Waals surface area contributed by atoms with Crippen molar-refractivity contribution < 1.29 is 9.63 Å². The summed E-state index contributed by atoms with van der Waals surface area (Å²) in [5.74, 6) is 3.29. The molecule has 10 heteroatoms. The molecule has 0 saturated heterocycles. The standard InChI is InChI=1S/C27H39N7O3/c1-15-10-12-17(13-11-15)14-34-20-22(28-16(2)18-8-5-9-18)29-24(25-32-27(36)37-33-25)30-23(20)31-26(34)21(35)19-6-3-4-7-19/h15-19,21,35H,3-14H2,1-2H3,(H,28,29,30)(H,32,33,36)/t15?,16-,17?,21?/m1/s1. The molecule has 3 aliphatic rings. The van der Waals surface area contributed by atoms with Gasteiger partial charge in [0, 0.05) is 12.6 Å². The number of hydrogen-bond donors (Lipinski definition) is 3. The zero-order chi connectivity index (χ0) is 25.5. The molecule has 3 fully saturated rings. The van der Waals surface area contributed by atoms with Gasteiger partial charge in [-0.15, -0.1) is 0 Å². The predicted octanol–water partition coefficient (Wildman–Crippen LogP) is 4.82. The molecule has 0 radical (unpaired) electrons. The van der Waals surface area contributed by atoms with Crippen LogP contribution in [0.15, 0.2) is 9.32 Å².